The van der Waals surface area contributed by atoms with Crippen molar-refractivity contribution in [3.63, 3.8) is 0 Å². The molecule has 2 aromatic rings. The number of esters is 1. The SMILES string of the molecule is CCOc1cccc(C(=O)Oc2cc(C)ccc2C(C)C)c1. The van der Waals surface area contributed by atoms with Gasteiger partial charge in [-0.3, -0.25) is 0 Å². The van der Waals surface area contributed by atoms with Crippen LogP contribution in [0.25, 0.3) is 0 Å². The van der Waals surface area contributed by atoms with Gasteiger partial charge in [0.25, 0.3) is 0 Å². The highest BCUT2D eigenvalue weighted by Gasteiger charge is 2.14. The summed E-state index contributed by atoms with van der Waals surface area (Å²) in [6, 6.07) is 13.0. The number of rotatable bonds is 5. The molecule has 0 fully saturated rings. The molecule has 0 spiro atoms. The first-order valence-corrected chi connectivity index (χ1v) is 7.57. The van der Waals surface area contributed by atoms with Gasteiger partial charge in [-0.1, -0.05) is 32.0 Å². The van der Waals surface area contributed by atoms with Crippen molar-refractivity contribution < 1.29 is 14.3 Å². The molecule has 2 aromatic carbocycles. The second kappa shape index (κ2) is 7.12. The van der Waals surface area contributed by atoms with Crippen LogP contribution in [0, 0.1) is 6.92 Å². The average molecular weight is 298 g/mol. The second-order valence-corrected chi connectivity index (χ2v) is 5.55. The first-order valence-electron chi connectivity index (χ1n) is 7.57. The van der Waals surface area contributed by atoms with E-state index in [9.17, 15) is 4.79 Å². The van der Waals surface area contributed by atoms with Crippen LogP contribution in [0.5, 0.6) is 11.5 Å². The van der Waals surface area contributed by atoms with E-state index in [1.165, 1.54) is 0 Å². The lowest BCUT2D eigenvalue weighted by Gasteiger charge is -2.14. The molecular formula is C19H22O3. The minimum absolute atomic E-state index is 0.290. The van der Waals surface area contributed by atoms with Crippen LogP contribution in [-0.4, -0.2) is 12.6 Å². The summed E-state index contributed by atoms with van der Waals surface area (Å²) in [6.45, 7) is 8.62. The third-order valence-electron chi connectivity index (χ3n) is 3.37. The lowest BCUT2D eigenvalue weighted by Crippen LogP contribution is -2.10. The van der Waals surface area contributed by atoms with Gasteiger partial charge in [-0.05, 0) is 55.2 Å². The lowest BCUT2D eigenvalue weighted by molar-refractivity contribution is 0.0732. The molecule has 0 saturated heterocycles. The highest BCUT2D eigenvalue weighted by atomic mass is 16.5. The molecule has 0 aromatic heterocycles. The largest absolute Gasteiger partial charge is 0.494 e. The number of carbonyl (C=O) groups is 1. The predicted octanol–water partition coefficient (Wildman–Crippen LogP) is 4.74. The molecule has 0 aliphatic carbocycles. The van der Waals surface area contributed by atoms with Crippen LogP contribution in [0.1, 0.15) is 48.2 Å². The van der Waals surface area contributed by atoms with E-state index in [2.05, 4.69) is 13.8 Å². The van der Waals surface area contributed by atoms with E-state index in [1.54, 1.807) is 18.2 Å². The first kappa shape index (κ1) is 16.1. The highest BCUT2D eigenvalue weighted by Crippen LogP contribution is 2.28. The Balaban J connectivity index is 2.25. The fourth-order valence-electron chi connectivity index (χ4n) is 2.25. The average Bonchev–Trinajstić information content (AvgIpc) is 2.47. The van der Waals surface area contributed by atoms with Crippen molar-refractivity contribution >= 4 is 5.97 Å². The Morgan fingerprint density at radius 1 is 1.14 bits per heavy atom. The maximum absolute atomic E-state index is 12.4. The number of hydrogen-bond donors (Lipinski definition) is 0. The van der Waals surface area contributed by atoms with Gasteiger partial charge in [0.05, 0.1) is 12.2 Å². The summed E-state index contributed by atoms with van der Waals surface area (Å²) < 4.78 is 11.0. The molecule has 0 N–H and O–H groups in total. The molecule has 3 heteroatoms. The minimum atomic E-state index is -0.367. The Hall–Kier alpha value is -2.29. The van der Waals surface area contributed by atoms with Gasteiger partial charge in [-0.2, -0.15) is 0 Å². The Kier molecular flexibility index (Phi) is 5.21. The van der Waals surface area contributed by atoms with Crippen LogP contribution >= 0.6 is 0 Å². The summed E-state index contributed by atoms with van der Waals surface area (Å²) in [4.78, 5) is 12.4. The minimum Gasteiger partial charge on any atom is -0.494 e. The van der Waals surface area contributed by atoms with E-state index < -0.39 is 0 Å². The van der Waals surface area contributed by atoms with Crippen LogP contribution in [-0.2, 0) is 0 Å². The molecule has 3 nitrogen and oxygen atoms in total. The van der Waals surface area contributed by atoms with E-state index >= 15 is 0 Å². The van der Waals surface area contributed by atoms with Gasteiger partial charge < -0.3 is 9.47 Å². The second-order valence-electron chi connectivity index (χ2n) is 5.55. The van der Waals surface area contributed by atoms with Crippen LogP contribution in [0.4, 0.5) is 0 Å². The maximum Gasteiger partial charge on any atom is 0.343 e. The van der Waals surface area contributed by atoms with Crippen molar-refractivity contribution in [3.8, 4) is 11.5 Å². The van der Waals surface area contributed by atoms with Crippen molar-refractivity contribution in [1.29, 1.82) is 0 Å². The Labute approximate surface area is 131 Å². The fourth-order valence-corrected chi connectivity index (χ4v) is 2.25. The van der Waals surface area contributed by atoms with E-state index in [-0.39, 0.29) is 11.9 Å². The van der Waals surface area contributed by atoms with E-state index in [0.717, 1.165) is 11.1 Å². The molecule has 0 saturated carbocycles. The van der Waals surface area contributed by atoms with Crippen molar-refractivity contribution in [1.82, 2.24) is 0 Å². The van der Waals surface area contributed by atoms with Crippen LogP contribution in [0.2, 0.25) is 0 Å². The molecule has 0 aliphatic rings. The van der Waals surface area contributed by atoms with Crippen LogP contribution < -0.4 is 9.47 Å². The van der Waals surface area contributed by atoms with Gasteiger partial charge in [0.15, 0.2) is 0 Å². The third-order valence-corrected chi connectivity index (χ3v) is 3.37. The standard InChI is InChI=1S/C19H22O3/c1-5-21-16-8-6-7-15(12-16)19(20)22-18-11-14(4)9-10-17(18)13(2)3/h6-13H,5H2,1-4H3. The summed E-state index contributed by atoms with van der Waals surface area (Å²) in [7, 11) is 0. The van der Waals surface area contributed by atoms with Gasteiger partial charge in [0.1, 0.15) is 11.5 Å². The summed E-state index contributed by atoms with van der Waals surface area (Å²) in [5, 5.41) is 0. The Bertz CT molecular complexity index is 659. The molecule has 116 valence electrons. The molecule has 2 rings (SSSR count). The summed E-state index contributed by atoms with van der Waals surface area (Å²) in [5.74, 6) is 1.22. The van der Waals surface area contributed by atoms with Gasteiger partial charge in [-0.15, -0.1) is 0 Å². The Morgan fingerprint density at radius 2 is 1.91 bits per heavy atom. The topological polar surface area (TPSA) is 35.5 Å². The summed E-state index contributed by atoms with van der Waals surface area (Å²) in [6.07, 6.45) is 0. The van der Waals surface area contributed by atoms with E-state index in [4.69, 9.17) is 9.47 Å². The zero-order valence-corrected chi connectivity index (χ0v) is 13.6. The zero-order valence-electron chi connectivity index (χ0n) is 13.6. The van der Waals surface area contributed by atoms with Crippen molar-refractivity contribution in [3.05, 3.63) is 59.2 Å². The zero-order chi connectivity index (χ0) is 16.1. The quantitative estimate of drug-likeness (QED) is 0.591. The lowest BCUT2D eigenvalue weighted by atomic mass is 10.0. The van der Waals surface area contributed by atoms with Crippen molar-refractivity contribution in [2.45, 2.75) is 33.6 Å². The number of hydrogen-bond acceptors (Lipinski definition) is 3. The van der Waals surface area contributed by atoms with E-state index in [1.807, 2.05) is 38.1 Å². The van der Waals surface area contributed by atoms with E-state index in [0.29, 0.717) is 23.7 Å². The van der Waals surface area contributed by atoms with Crippen LogP contribution in [0.15, 0.2) is 42.5 Å². The van der Waals surface area contributed by atoms with Crippen molar-refractivity contribution in [2.75, 3.05) is 6.61 Å². The summed E-state index contributed by atoms with van der Waals surface area (Å²) in [5.41, 5.74) is 2.58. The van der Waals surface area contributed by atoms with Crippen molar-refractivity contribution in [2.24, 2.45) is 0 Å². The first-order chi connectivity index (χ1) is 10.5. The predicted molar refractivity (Wildman–Crippen MR) is 87.8 cm³/mol. The molecule has 0 heterocycles. The van der Waals surface area contributed by atoms with Gasteiger partial charge in [0, 0.05) is 0 Å². The van der Waals surface area contributed by atoms with Gasteiger partial charge in [-0.25, -0.2) is 4.79 Å². The van der Waals surface area contributed by atoms with Gasteiger partial charge in [0.2, 0.25) is 0 Å². The molecule has 0 unspecified atom stereocenters. The molecule has 0 aliphatic heterocycles. The van der Waals surface area contributed by atoms with Crippen LogP contribution in [0.3, 0.4) is 0 Å². The van der Waals surface area contributed by atoms with Gasteiger partial charge >= 0.3 is 5.97 Å². The molecule has 0 atom stereocenters. The smallest absolute Gasteiger partial charge is 0.343 e. The molecule has 0 radical (unpaired) electrons. The number of aryl methyl sites for hydroxylation is 1. The normalized spacial score (nSPS) is 10.6. The number of ether oxygens (including phenoxy) is 2. The number of carbonyl (C=O) groups excluding carboxylic acids is 1. The molecular weight excluding hydrogens is 276 g/mol. The molecule has 22 heavy (non-hydrogen) atoms. The third kappa shape index (κ3) is 3.88. The monoisotopic (exact) mass is 298 g/mol. The number of benzene rings is 2. The molecule has 0 bridgehead atoms. The Morgan fingerprint density at radius 3 is 2.59 bits per heavy atom. The fraction of sp³-hybridized carbons (Fsp3) is 0.316. The maximum atomic E-state index is 12.4. The molecule has 0 amide bonds. The summed E-state index contributed by atoms with van der Waals surface area (Å²) >= 11 is 0. The highest BCUT2D eigenvalue weighted by molar-refractivity contribution is 5.91.